The van der Waals surface area contributed by atoms with E-state index in [1.165, 1.54) is 23.3 Å². The maximum atomic E-state index is 13.7. The van der Waals surface area contributed by atoms with Crippen molar-refractivity contribution in [3.63, 3.8) is 0 Å². The molecule has 2 saturated heterocycles. The molecular weight excluding hydrogens is 533 g/mol. The zero-order valence-electron chi connectivity index (χ0n) is 19.4. The first kappa shape index (κ1) is 24.2. The minimum Gasteiger partial charge on any atom is -0.458 e. The van der Waals surface area contributed by atoms with Gasteiger partial charge in [-0.15, -0.1) is 0 Å². The fraction of sp³-hybridized carbons (Fsp3) is 0.111. The summed E-state index contributed by atoms with van der Waals surface area (Å²) in [5, 5.41) is 13.8. The third-order valence-corrected chi connectivity index (χ3v) is 7.04. The van der Waals surface area contributed by atoms with Crippen molar-refractivity contribution in [2.24, 2.45) is 5.92 Å². The largest absolute Gasteiger partial charge is 0.458 e. The summed E-state index contributed by atoms with van der Waals surface area (Å²) in [4.78, 5) is 45.4. The number of carbonyl (C=O) groups excluding carboxylic acids is 2. The lowest BCUT2D eigenvalue weighted by Crippen LogP contribution is -2.37. The number of imide groups is 1. The van der Waals surface area contributed by atoms with Gasteiger partial charge in [0.25, 0.3) is 11.6 Å². The summed E-state index contributed by atoms with van der Waals surface area (Å²) >= 11 is 12.0. The molecule has 0 aliphatic carbocycles. The summed E-state index contributed by atoms with van der Waals surface area (Å²) in [6.07, 6.45) is -1.10. The van der Waals surface area contributed by atoms with Gasteiger partial charge in [-0.05, 0) is 60.7 Å². The quantitative estimate of drug-likeness (QED) is 0.165. The van der Waals surface area contributed by atoms with E-state index in [0.29, 0.717) is 22.2 Å². The molecule has 2 aliphatic rings. The van der Waals surface area contributed by atoms with Crippen LogP contribution in [0.3, 0.4) is 0 Å². The van der Waals surface area contributed by atoms with Gasteiger partial charge in [0.2, 0.25) is 5.91 Å². The van der Waals surface area contributed by atoms with Crippen LogP contribution in [0.4, 0.5) is 17.1 Å². The van der Waals surface area contributed by atoms with Crippen molar-refractivity contribution in [1.29, 1.82) is 0 Å². The van der Waals surface area contributed by atoms with Gasteiger partial charge in [0, 0.05) is 16.1 Å². The number of para-hydroxylation sites is 1. The Bertz CT molecular complexity index is 1570. The predicted molar refractivity (Wildman–Crippen MR) is 140 cm³/mol. The fourth-order valence-electron chi connectivity index (χ4n) is 4.87. The van der Waals surface area contributed by atoms with Gasteiger partial charge in [0.15, 0.2) is 6.10 Å². The van der Waals surface area contributed by atoms with E-state index in [-0.39, 0.29) is 22.0 Å². The summed E-state index contributed by atoms with van der Waals surface area (Å²) in [5.74, 6) is -1.38. The first-order chi connectivity index (χ1) is 18.3. The van der Waals surface area contributed by atoms with Gasteiger partial charge >= 0.3 is 0 Å². The molecule has 3 heterocycles. The average molecular weight is 550 g/mol. The van der Waals surface area contributed by atoms with Crippen molar-refractivity contribution in [2.45, 2.75) is 12.1 Å². The summed E-state index contributed by atoms with van der Waals surface area (Å²) < 4.78 is 6.12. The van der Waals surface area contributed by atoms with Crippen LogP contribution >= 0.6 is 23.2 Å². The van der Waals surface area contributed by atoms with Crippen molar-refractivity contribution < 1.29 is 23.8 Å². The molecule has 0 bridgehead atoms. The highest BCUT2D eigenvalue weighted by Crippen LogP contribution is 2.48. The van der Waals surface area contributed by atoms with Gasteiger partial charge in [-0.25, -0.2) is 9.96 Å². The number of hydrogen-bond acceptors (Lipinski definition) is 7. The maximum Gasteiger partial charge on any atom is 0.281 e. The minimum atomic E-state index is -1.10. The molecule has 0 spiro atoms. The number of amides is 2. The van der Waals surface area contributed by atoms with Crippen LogP contribution in [-0.4, -0.2) is 22.8 Å². The summed E-state index contributed by atoms with van der Waals surface area (Å²) in [5.41, 5.74) is 0.995. The van der Waals surface area contributed by atoms with Crippen molar-refractivity contribution in [1.82, 2.24) is 0 Å². The number of hydrogen-bond donors (Lipinski definition) is 0. The van der Waals surface area contributed by atoms with Crippen LogP contribution in [0.1, 0.15) is 11.8 Å². The van der Waals surface area contributed by atoms with Gasteiger partial charge < -0.3 is 4.42 Å². The molecule has 0 unspecified atom stereocenters. The zero-order valence-corrected chi connectivity index (χ0v) is 20.9. The van der Waals surface area contributed by atoms with Crippen LogP contribution in [0.2, 0.25) is 10.0 Å². The number of rotatable bonds is 5. The highest BCUT2D eigenvalue weighted by atomic mass is 35.5. The normalized spacial score (nSPS) is 20.7. The van der Waals surface area contributed by atoms with E-state index in [0.717, 1.165) is 4.90 Å². The van der Waals surface area contributed by atoms with Crippen LogP contribution in [0.15, 0.2) is 89.3 Å². The summed E-state index contributed by atoms with van der Waals surface area (Å²) in [7, 11) is 0. The van der Waals surface area contributed by atoms with Crippen molar-refractivity contribution in [2.75, 3.05) is 9.96 Å². The Labute approximate surface area is 225 Å². The number of halogens is 2. The van der Waals surface area contributed by atoms with Gasteiger partial charge in [-0.1, -0.05) is 41.4 Å². The lowest BCUT2D eigenvalue weighted by molar-refractivity contribution is -0.384. The number of nitrogens with zero attached hydrogens (tertiary/aromatic N) is 3. The Morgan fingerprint density at radius 2 is 1.53 bits per heavy atom. The zero-order chi connectivity index (χ0) is 26.6. The lowest BCUT2D eigenvalue weighted by atomic mass is 9.94. The van der Waals surface area contributed by atoms with E-state index in [4.69, 9.17) is 32.5 Å². The third-order valence-electron chi connectivity index (χ3n) is 6.55. The molecule has 0 radical (unpaired) electrons. The van der Waals surface area contributed by atoms with E-state index in [9.17, 15) is 19.7 Å². The second kappa shape index (κ2) is 9.29. The molecular formula is C27H17Cl2N3O6. The molecule has 190 valence electrons. The Morgan fingerprint density at radius 3 is 2.24 bits per heavy atom. The highest BCUT2D eigenvalue weighted by Gasteiger charge is 2.61. The van der Waals surface area contributed by atoms with E-state index in [1.54, 1.807) is 60.7 Å². The van der Waals surface area contributed by atoms with Crippen molar-refractivity contribution in [3.8, 4) is 11.3 Å². The van der Waals surface area contributed by atoms with E-state index in [2.05, 4.69) is 0 Å². The van der Waals surface area contributed by atoms with Crippen LogP contribution in [0, 0.1) is 16.0 Å². The van der Waals surface area contributed by atoms with Gasteiger partial charge in [-0.3, -0.25) is 24.5 Å². The fourth-order valence-corrected chi connectivity index (χ4v) is 5.16. The maximum absolute atomic E-state index is 13.7. The van der Waals surface area contributed by atoms with E-state index in [1.807, 2.05) is 6.07 Å². The molecule has 3 aromatic carbocycles. The topological polar surface area (TPSA) is 106 Å². The molecule has 4 aromatic rings. The van der Waals surface area contributed by atoms with Gasteiger partial charge in [0.05, 0.1) is 21.9 Å². The van der Waals surface area contributed by atoms with Crippen molar-refractivity contribution in [3.05, 3.63) is 111 Å². The van der Waals surface area contributed by atoms with Crippen LogP contribution in [0.5, 0.6) is 0 Å². The molecule has 2 fully saturated rings. The number of fused-ring (bicyclic) bond motifs is 1. The third kappa shape index (κ3) is 3.92. The second-order valence-corrected chi connectivity index (χ2v) is 9.64. The molecule has 3 atom stereocenters. The van der Waals surface area contributed by atoms with Crippen molar-refractivity contribution >= 4 is 52.1 Å². The Hall–Kier alpha value is -4.18. The second-order valence-electron chi connectivity index (χ2n) is 8.77. The minimum absolute atomic E-state index is 0.214. The van der Waals surface area contributed by atoms with Crippen LogP contribution in [-0.2, 0) is 14.4 Å². The highest BCUT2D eigenvalue weighted by molar-refractivity contribution is 6.31. The number of nitro benzene ring substituents is 1. The van der Waals surface area contributed by atoms with Gasteiger partial charge in [-0.2, -0.15) is 0 Å². The lowest BCUT2D eigenvalue weighted by Gasteiger charge is -2.27. The van der Waals surface area contributed by atoms with E-state index >= 15 is 0 Å². The molecule has 1 aromatic heterocycles. The molecule has 9 nitrogen and oxygen atoms in total. The molecule has 38 heavy (non-hydrogen) atoms. The number of anilines is 2. The Balaban J connectivity index is 1.43. The standard InChI is InChI=1S/C27H17Cl2N3O6/c28-15-6-9-17(10-7-15)30-26(33)23-24(31(38-25(23)27(30)34)18-4-2-1-3-5-18)22-13-12-21(37-22)19-11-8-16(29)14-20(19)32(35)36/h1-14,23-25H/t23-,24+,25+/m0/s1. The Morgan fingerprint density at radius 1 is 0.816 bits per heavy atom. The number of carbonyl (C=O) groups is 2. The molecule has 2 amide bonds. The summed E-state index contributed by atoms with van der Waals surface area (Å²) in [6, 6.07) is 22.0. The molecule has 0 saturated carbocycles. The number of benzene rings is 3. The van der Waals surface area contributed by atoms with Gasteiger partial charge in [0.1, 0.15) is 23.5 Å². The summed E-state index contributed by atoms with van der Waals surface area (Å²) in [6.45, 7) is 0. The smallest absolute Gasteiger partial charge is 0.281 e. The molecule has 11 heteroatoms. The average Bonchev–Trinajstić information content (AvgIpc) is 3.60. The molecule has 6 rings (SSSR count). The predicted octanol–water partition coefficient (Wildman–Crippen LogP) is 6.21. The number of hydroxylamine groups is 1. The Kier molecular flexibility index (Phi) is 5.91. The SMILES string of the molecule is O=C1[C@H]2[C@@H](c3ccc(-c4ccc(Cl)cc4[N+](=O)[O-])o3)N(c3ccccc3)O[C@H]2C(=O)N1c1ccc(Cl)cc1. The monoisotopic (exact) mass is 549 g/mol. The molecule has 2 aliphatic heterocycles. The number of nitro groups is 1. The van der Waals surface area contributed by atoms with Crippen LogP contribution in [0.25, 0.3) is 11.3 Å². The first-order valence-electron chi connectivity index (χ1n) is 11.5. The van der Waals surface area contributed by atoms with Crippen LogP contribution < -0.4 is 9.96 Å². The number of furan rings is 1. The molecule has 0 N–H and O–H groups in total. The first-order valence-corrected chi connectivity index (χ1v) is 12.3. The van der Waals surface area contributed by atoms with E-state index < -0.39 is 34.8 Å².